The van der Waals surface area contributed by atoms with Crippen LogP contribution >= 0.6 is 0 Å². The predicted molar refractivity (Wildman–Crippen MR) is 63.3 cm³/mol. The summed E-state index contributed by atoms with van der Waals surface area (Å²) in [6, 6.07) is 0. The van der Waals surface area contributed by atoms with Gasteiger partial charge in [0.2, 0.25) is 5.82 Å². The average Bonchev–Trinajstić information content (AvgIpc) is 2.32. The maximum absolute atomic E-state index is 13.7. The van der Waals surface area contributed by atoms with Crippen LogP contribution in [0.2, 0.25) is 0 Å². The second kappa shape index (κ2) is 5.88. The Morgan fingerprint density at radius 2 is 1.05 bits per heavy atom. The van der Waals surface area contributed by atoms with Gasteiger partial charge in [-0.1, -0.05) is 27.7 Å². The van der Waals surface area contributed by atoms with E-state index < -0.39 is 40.6 Å². The van der Waals surface area contributed by atoms with Gasteiger partial charge in [-0.3, -0.25) is 0 Å². The van der Waals surface area contributed by atoms with E-state index in [1.807, 2.05) is 13.8 Å². The zero-order valence-electron chi connectivity index (χ0n) is 11.3. The van der Waals surface area contributed by atoms with Crippen molar-refractivity contribution in [3.8, 4) is 0 Å². The Bertz CT molecular complexity index is 436. The number of hydrogen-bond donors (Lipinski definition) is 0. The van der Waals surface area contributed by atoms with Crippen molar-refractivity contribution in [1.29, 1.82) is 0 Å². The molecule has 1 rings (SSSR count). The molecule has 1 aromatic rings. The van der Waals surface area contributed by atoms with Crippen LogP contribution in [0.15, 0.2) is 0 Å². The van der Waals surface area contributed by atoms with Gasteiger partial charge in [-0.2, -0.15) is 0 Å². The highest BCUT2D eigenvalue weighted by atomic mass is 19.2. The van der Waals surface area contributed by atoms with Crippen molar-refractivity contribution in [3.05, 3.63) is 34.6 Å². The van der Waals surface area contributed by atoms with E-state index in [1.54, 1.807) is 13.8 Å². The van der Waals surface area contributed by atoms with Crippen molar-refractivity contribution in [2.24, 2.45) is 11.8 Å². The highest BCUT2D eigenvalue weighted by molar-refractivity contribution is 5.28. The Morgan fingerprint density at radius 3 is 1.37 bits per heavy atom. The molecule has 5 heteroatoms. The minimum absolute atomic E-state index is 0.0855. The molecule has 0 aliphatic carbocycles. The molecule has 0 aromatic heterocycles. The lowest BCUT2D eigenvalue weighted by Gasteiger charge is -2.24. The molecule has 0 heterocycles. The molecule has 0 N–H and O–H groups in total. The van der Waals surface area contributed by atoms with Crippen LogP contribution in [0.1, 0.15) is 45.6 Å². The molecule has 0 aliphatic rings. The van der Waals surface area contributed by atoms with Gasteiger partial charge in [0.25, 0.3) is 0 Å². The van der Waals surface area contributed by atoms with Crippen molar-refractivity contribution in [1.82, 2.24) is 0 Å². The number of rotatable bonds is 4. The smallest absolute Gasteiger partial charge is 0.200 e. The zero-order chi connectivity index (χ0) is 14.9. The molecule has 1 unspecified atom stereocenters. The minimum atomic E-state index is -2.11. The van der Waals surface area contributed by atoms with Crippen LogP contribution < -0.4 is 0 Å². The van der Waals surface area contributed by atoms with E-state index >= 15 is 0 Å². The van der Waals surface area contributed by atoms with Gasteiger partial charge in [-0.05, 0) is 24.2 Å². The lowest BCUT2D eigenvalue weighted by atomic mass is 9.81. The minimum Gasteiger partial charge on any atom is -0.203 e. The average molecular weight is 280 g/mol. The van der Waals surface area contributed by atoms with Gasteiger partial charge in [-0.15, -0.1) is 0 Å². The normalized spacial score (nSPS) is 13.4. The molecule has 108 valence electrons. The fraction of sp³-hybridized carbons (Fsp3) is 0.571. The summed E-state index contributed by atoms with van der Waals surface area (Å²) >= 11 is 0. The van der Waals surface area contributed by atoms with Crippen molar-refractivity contribution in [3.63, 3.8) is 0 Å². The quantitative estimate of drug-likeness (QED) is 0.405. The van der Waals surface area contributed by atoms with Crippen molar-refractivity contribution in [2.45, 2.75) is 40.0 Å². The Hall–Kier alpha value is -1.13. The van der Waals surface area contributed by atoms with Crippen LogP contribution in [0.5, 0.6) is 0 Å². The first kappa shape index (κ1) is 15.9. The topological polar surface area (TPSA) is 0 Å². The summed E-state index contributed by atoms with van der Waals surface area (Å²) in [6.07, 6.45) is 0.357. The monoisotopic (exact) mass is 280 g/mol. The van der Waals surface area contributed by atoms with Crippen LogP contribution in [-0.2, 0) is 0 Å². The van der Waals surface area contributed by atoms with Crippen LogP contribution in [-0.4, -0.2) is 0 Å². The first-order valence-corrected chi connectivity index (χ1v) is 6.19. The molecule has 0 bridgehead atoms. The molecule has 0 spiro atoms. The number of benzene rings is 1. The molecular weight excluding hydrogens is 263 g/mol. The lowest BCUT2D eigenvalue weighted by Crippen LogP contribution is -2.17. The van der Waals surface area contributed by atoms with E-state index in [1.165, 1.54) is 0 Å². The van der Waals surface area contributed by atoms with Gasteiger partial charge in [0, 0.05) is 5.56 Å². The molecule has 0 radical (unpaired) electrons. The third-order valence-electron chi connectivity index (χ3n) is 3.14. The summed E-state index contributed by atoms with van der Waals surface area (Å²) in [6.45, 7) is 7.07. The summed E-state index contributed by atoms with van der Waals surface area (Å²) in [5.41, 5.74) is -0.694. The summed E-state index contributed by atoms with van der Waals surface area (Å²) in [5, 5.41) is 0. The van der Waals surface area contributed by atoms with E-state index in [0.29, 0.717) is 6.42 Å². The van der Waals surface area contributed by atoms with Crippen molar-refractivity contribution < 1.29 is 22.0 Å². The van der Waals surface area contributed by atoms with Crippen molar-refractivity contribution >= 4 is 0 Å². The van der Waals surface area contributed by atoms with Gasteiger partial charge in [0.1, 0.15) is 0 Å². The molecule has 1 atom stereocenters. The van der Waals surface area contributed by atoms with E-state index in [2.05, 4.69) is 0 Å². The third-order valence-corrected chi connectivity index (χ3v) is 3.14. The predicted octanol–water partition coefficient (Wildman–Crippen LogP) is 5.17. The van der Waals surface area contributed by atoms with Crippen LogP contribution in [0.3, 0.4) is 0 Å². The molecule has 0 saturated carbocycles. The second-order valence-electron chi connectivity index (χ2n) is 5.46. The zero-order valence-corrected chi connectivity index (χ0v) is 11.3. The van der Waals surface area contributed by atoms with Crippen molar-refractivity contribution in [2.75, 3.05) is 0 Å². The van der Waals surface area contributed by atoms with Crippen LogP contribution in [0, 0.1) is 40.9 Å². The van der Waals surface area contributed by atoms with Gasteiger partial charge < -0.3 is 0 Å². The molecule has 0 amide bonds. The second-order valence-corrected chi connectivity index (χ2v) is 5.46. The summed E-state index contributed by atoms with van der Waals surface area (Å²) < 4.78 is 66.9. The Morgan fingerprint density at radius 1 is 0.684 bits per heavy atom. The van der Waals surface area contributed by atoms with E-state index in [-0.39, 0.29) is 11.8 Å². The molecule has 1 aromatic carbocycles. The fourth-order valence-electron chi connectivity index (χ4n) is 2.18. The first-order chi connectivity index (χ1) is 8.68. The Labute approximate surface area is 109 Å². The summed E-state index contributed by atoms with van der Waals surface area (Å²) in [5.74, 6) is -10.1. The van der Waals surface area contributed by atoms with E-state index in [9.17, 15) is 22.0 Å². The van der Waals surface area contributed by atoms with Gasteiger partial charge in [-0.25, -0.2) is 22.0 Å². The fourth-order valence-corrected chi connectivity index (χ4v) is 2.18. The van der Waals surface area contributed by atoms with Gasteiger partial charge in [0.15, 0.2) is 23.3 Å². The standard InChI is InChI=1S/C14H17F5/c1-6(2)5-8(7(3)4)9-10(15)12(17)14(19)13(18)11(9)16/h6-8H,5H2,1-4H3. The van der Waals surface area contributed by atoms with Gasteiger partial charge >= 0.3 is 0 Å². The summed E-state index contributed by atoms with van der Waals surface area (Å²) in [7, 11) is 0. The molecule has 0 fully saturated rings. The third kappa shape index (κ3) is 3.07. The molecule has 0 nitrogen and oxygen atoms in total. The van der Waals surface area contributed by atoms with Crippen LogP contribution in [0.25, 0.3) is 0 Å². The highest BCUT2D eigenvalue weighted by Crippen LogP contribution is 2.36. The first-order valence-electron chi connectivity index (χ1n) is 6.19. The Kier molecular flexibility index (Phi) is 4.93. The molecule has 0 saturated heterocycles. The molecule has 19 heavy (non-hydrogen) atoms. The molecule has 0 aliphatic heterocycles. The number of hydrogen-bond acceptors (Lipinski definition) is 0. The maximum Gasteiger partial charge on any atom is 0.200 e. The maximum atomic E-state index is 13.7. The summed E-state index contributed by atoms with van der Waals surface area (Å²) in [4.78, 5) is 0. The Balaban J connectivity index is 3.47. The SMILES string of the molecule is CC(C)CC(c1c(F)c(F)c(F)c(F)c1F)C(C)C. The van der Waals surface area contributed by atoms with Gasteiger partial charge in [0.05, 0.1) is 0 Å². The highest BCUT2D eigenvalue weighted by Gasteiger charge is 2.31. The van der Waals surface area contributed by atoms with E-state index in [0.717, 1.165) is 0 Å². The largest absolute Gasteiger partial charge is 0.203 e. The lowest BCUT2D eigenvalue weighted by molar-refractivity contribution is 0.334. The van der Waals surface area contributed by atoms with E-state index in [4.69, 9.17) is 0 Å². The van der Waals surface area contributed by atoms with Crippen LogP contribution in [0.4, 0.5) is 22.0 Å². The number of halogens is 5. The molecular formula is C14H17F5.